The molecule has 3 aromatic carbocycles. The molecular weight excluding hydrogens is 495 g/mol. The number of rotatable bonds is 8. The number of nitrogens with zero attached hydrogens (tertiary/aromatic N) is 3. The van der Waals surface area contributed by atoms with E-state index in [2.05, 4.69) is 10.3 Å². The molecule has 1 aliphatic rings. The third kappa shape index (κ3) is 6.07. The molecule has 200 valence electrons. The van der Waals surface area contributed by atoms with Crippen LogP contribution in [0.5, 0.6) is 0 Å². The Morgan fingerprint density at radius 2 is 1.82 bits per heavy atom. The molecule has 0 bridgehead atoms. The van der Waals surface area contributed by atoms with Crippen molar-refractivity contribution in [1.82, 2.24) is 14.5 Å². The van der Waals surface area contributed by atoms with Gasteiger partial charge in [0.2, 0.25) is 11.9 Å². The average molecular weight is 527 g/mol. The minimum atomic E-state index is -0.408. The van der Waals surface area contributed by atoms with Crippen LogP contribution in [0.4, 0.5) is 10.3 Å². The highest BCUT2D eigenvalue weighted by Gasteiger charge is 2.26. The van der Waals surface area contributed by atoms with Gasteiger partial charge in [0.25, 0.3) is 5.91 Å². The molecule has 8 heteroatoms. The molecule has 1 N–H and O–H groups in total. The largest absolute Gasteiger partial charge is 0.376 e. The van der Waals surface area contributed by atoms with Crippen molar-refractivity contribution >= 4 is 17.8 Å². The summed E-state index contributed by atoms with van der Waals surface area (Å²) in [5.74, 6) is -0.754. The number of aromatic nitrogens is 2. The summed E-state index contributed by atoms with van der Waals surface area (Å²) >= 11 is 0. The second-order valence-corrected chi connectivity index (χ2v) is 9.80. The first-order chi connectivity index (χ1) is 18.9. The maximum Gasteiger partial charge on any atom is 0.254 e. The molecule has 1 saturated heterocycles. The molecule has 4 aromatic rings. The van der Waals surface area contributed by atoms with Crippen LogP contribution < -0.4 is 5.32 Å². The summed E-state index contributed by atoms with van der Waals surface area (Å²) in [6.07, 6.45) is 3.41. The van der Waals surface area contributed by atoms with E-state index in [1.54, 1.807) is 35.9 Å². The van der Waals surface area contributed by atoms with Gasteiger partial charge in [0.1, 0.15) is 12.4 Å². The van der Waals surface area contributed by atoms with E-state index < -0.39 is 5.91 Å². The molecule has 1 aromatic heterocycles. The van der Waals surface area contributed by atoms with Gasteiger partial charge in [-0.25, -0.2) is 9.37 Å². The zero-order valence-corrected chi connectivity index (χ0v) is 22.1. The van der Waals surface area contributed by atoms with E-state index >= 15 is 0 Å². The minimum absolute atomic E-state index is 0.118. The predicted octanol–water partition coefficient (Wildman–Crippen LogP) is 5.56. The van der Waals surface area contributed by atoms with Crippen molar-refractivity contribution in [2.24, 2.45) is 0 Å². The molecule has 1 aliphatic heterocycles. The maximum atomic E-state index is 14.5. The van der Waals surface area contributed by atoms with Gasteiger partial charge >= 0.3 is 0 Å². The Labute approximate surface area is 227 Å². The van der Waals surface area contributed by atoms with Gasteiger partial charge in [0.05, 0.1) is 17.5 Å². The van der Waals surface area contributed by atoms with Crippen molar-refractivity contribution in [2.75, 3.05) is 25.0 Å². The van der Waals surface area contributed by atoms with Gasteiger partial charge < -0.3 is 9.64 Å². The van der Waals surface area contributed by atoms with Gasteiger partial charge in [-0.05, 0) is 56.0 Å². The Morgan fingerprint density at radius 1 is 1.05 bits per heavy atom. The second kappa shape index (κ2) is 11.6. The number of hydrogen-bond donors (Lipinski definition) is 1. The summed E-state index contributed by atoms with van der Waals surface area (Å²) in [6.45, 7) is 4.35. The third-order valence-electron chi connectivity index (χ3n) is 6.91. The first-order valence-electron chi connectivity index (χ1n) is 13.1. The Morgan fingerprint density at radius 3 is 2.54 bits per heavy atom. The van der Waals surface area contributed by atoms with Crippen LogP contribution in [-0.4, -0.2) is 52.1 Å². The van der Waals surface area contributed by atoms with Gasteiger partial charge in [-0.3, -0.25) is 19.5 Å². The van der Waals surface area contributed by atoms with E-state index in [0.29, 0.717) is 35.7 Å². The molecule has 2 heterocycles. The predicted molar refractivity (Wildman–Crippen MR) is 148 cm³/mol. The molecule has 0 radical (unpaired) electrons. The Hall–Kier alpha value is -4.30. The number of hydrogen-bond acceptors (Lipinski definition) is 4. The number of carbonyl (C=O) groups is 2. The highest BCUT2D eigenvalue weighted by Crippen LogP contribution is 2.25. The highest BCUT2D eigenvalue weighted by molar-refractivity contribution is 6.00. The van der Waals surface area contributed by atoms with Gasteiger partial charge in [0.15, 0.2) is 0 Å². The van der Waals surface area contributed by atoms with Crippen molar-refractivity contribution in [1.29, 1.82) is 0 Å². The number of anilines is 1. The fourth-order valence-corrected chi connectivity index (χ4v) is 4.72. The van der Waals surface area contributed by atoms with Crippen molar-refractivity contribution in [3.05, 3.63) is 102 Å². The third-order valence-corrected chi connectivity index (χ3v) is 6.91. The van der Waals surface area contributed by atoms with E-state index in [9.17, 15) is 14.0 Å². The van der Waals surface area contributed by atoms with Crippen LogP contribution in [0.1, 0.15) is 34.3 Å². The molecule has 2 amide bonds. The number of aryl methyl sites for hydroxylation is 2. The van der Waals surface area contributed by atoms with Gasteiger partial charge in [0, 0.05) is 30.5 Å². The first kappa shape index (κ1) is 26.3. The van der Waals surface area contributed by atoms with Crippen LogP contribution in [0.25, 0.3) is 16.9 Å². The summed E-state index contributed by atoms with van der Waals surface area (Å²) in [6, 6.07) is 21.7. The number of carbonyl (C=O) groups excluding carboxylic acids is 2. The van der Waals surface area contributed by atoms with Crippen LogP contribution in [-0.2, 0) is 9.53 Å². The highest BCUT2D eigenvalue weighted by atomic mass is 19.1. The van der Waals surface area contributed by atoms with Crippen LogP contribution in [0.15, 0.2) is 79.0 Å². The lowest BCUT2D eigenvalue weighted by Crippen LogP contribution is -2.42. The Bertz CT molecular complexity index is 1480. The summed E-state index contributed by atoms with van der Waals surface area (Å²) in [5, 5.41) is 2.87. The molecular formula is C31H31FN4O3. The molecule has 0 spiro atoms. The minimum Gasteiger partial charge on any atom is -0.376 e. The molecule has 0 aliphatic carbocycles. The zero-order valence-electron chi connectivity index (χ0n) is 22.1. The second-order valence-electron chi connectivity index (χ2n) is 9.80. The molecule has 1 atom stereocenters. The lowest BCUT2D eigenvalue weighted by Gasteiger charge is -2.25. The van der Waals surface area contributed by atoms with E-state index in [1.165, 1.54) is 11.0 Å². The van der Waals surface area contributed by atoms with Crippen molar-refractivity contribution in [2.45, 2.75) is 32.8 Å². The Balaban J connectivity index is 1.43. The molecule has 5 rings (SSSR count). The number of amides is 2. The van der Waals surface area contributed by atoms with E-state index in [0.717, 1.165) is 24.0 Å². The maximum absolute atomic E-state index is 14.5. The fraction of sp³-hybridized carbons (Fsp3) is 0.258. The molecule has 7 nitrogen and oxygen atoms in total. The Kier molecular flexibility index (Phi) is 7.84. The normalized spacial score (nSPS) is 14.8. The number of halogens is 1. The van der Waals surface area contributed by atoms with Crippen LogP contribution in [0.2, 0.25) is 0 Å². The van der Waals surface area contributed by atoms with Crippen LogP contribution >= 0.6 is 0 Å². The lowest BCUT2D eigenvalue weighted by molar-refractivity contribution is -0.117. The molecule has 39 heavy (non-hydrogen) atoms. The van der Waals surface area contributed by atoms with Crippen LogP contribution in [0, 0.1) is 19.7 Å². The molecule has 0 unspecified atom stereocenters. The van der Waals surface area contributed by atoms with Crippen LogP contribution in [0.3, 0.4) is 0 Å². The summed E-state index contributed by atoms with van der Waals surface area (Å²) < 4.78 is 21.9. The SMILES string of the molecule is Cc1ccc(-n2cc(-c3ccccc3)nc2NC(=O)CN(C[C@@H]2CCCO2)C(=O)c2ccccc2C)cc1F. The molecule has 0 saturated carbocycles. The van der Waals surface area contributed by atoms with Crippen molar-refractivity contribution < 1.29 is 18.7 Å². The fourth-order valence-electron chi connectivity index (χ4n) is 4.72. The summed E-state index contributed by atoms with van der Waals surface area (Å²) in [5.41, 5.74) is 3.91. The van der Waals surface area contributed by atoms with Crippen molar-refractivity contribution in [3.8, 4) is 16.9 Å². The van der Waals surface area contributed by atoms with Gasteiger partial charge in [-0.15, -0.1) is 0 Å². The van der Waals surface area contributed by atoms with Gasteiger partial charge in [-0.2, -0.15) is 0 Å². The summed E-state index contributed by atoms with van der Waals surface area (Å²) in [4.78, 5) is 33.1. The zero-order chi connectivity index (χ0) is 27.4. The quantitative estimate of drug-likeness (QED) is 0.326. The van der Waals surface area contributed by atoms with Crippen molar-refractivity contribution in [3.63, 3.8) is 0 Å². The van der Waals surface area contributed by atoms with E-state index in [-0.39, 0.29) is 30.3 Å². The number of nitrogens with one attached hydrogen (secondary N) is 1. The monoisotopic (exact) mass is 526 g/mol. The average Bonchev–Trinajstić information content (AvgIpc) is 3.60. The number of imidazole rings is 1. The summed E-state index contributed by atoms with van der Waals surface area (Å²) in [7, 11) is 0. The smallest absolute Gasteiger partial charge is 0.254 e. The number of benzene rings is 3. The van der Waals surface area contributed by atoms with E-state index in [4.69, 9.17) is 4.74 Å². The first-order valence-corrected chi connectivity index (χ1v) is 13.1. The van der Waals surface area contributed by atoms with E-state index in [1.807, 2.05) is 55.5 Å². The lowest BCUT2D eigenvalue weighted by atomic mass is 10.1. The molecule has 1 fully saturated rings. The topological polar surface area (TPSA) is 76.5 Å². The number of ether oxygens (including phenoxy) is 1. The standard InChI is InChI=1S/C31H31FN4O3/c1-21-9-6-7-13-26(21)30(38)35(18-25-12-8-16-39-25)20-29(37)34-31-33-28(23-10-4-3-5-11-23)19-36(31)24-15-14-22(2)27(32)17-24/h3-7,9-11,13-15,17,19,25H,8,12,16,18,20H2,1-2H3,(H,33,34,37)/t25-/m0/s1. The van der Waals surface area contributed by atoms with Gasteiger partial charge in [-0.1, -0.05) is 54.6 Å².